The molecular formula is C8H15ClN2. The number of nitrogens with zero attached hydrogens (tertiary/aromatic N) is 2. The lowest BCUT2D eigenvalue weighted by molar-refractivity contribution is -0.671. The van der Waals surface area contributed by atoms with Crippen molar-refractivity contribution in [3.05, 3.63) is 18.7 Å². The first-order chi connectivity index (χ1) is 5.53. The molecule has 0 N–H and O–H groups in total. The molecule has 1 aromatic rings. The molecule has 0 aliphatic carbocycles. The van der Waals surface area contributed by atoms with E-state index in [2.05, 4.69) is 0 Å². The van der Waals surface area contributed by atoms with Gasteiger partial charge in [-0.3, -0.25) is 0 Å². The summed E-state index contributed by atoms with van der Waals surface area (Å²) in [5.74, 6) is 0. The first-order valence-electron chi connectivity index (χ1n) is 4.54. The van der Waals surface area contributed by atoms with Gasteiger partial charge in [0.15, 0.2) is 0 Å². The lowest BCUT2D eigenvalue weighted by Crippen LogP contribution is -3.00. The number of imidazole rings is 1. The van der Waals surface area contributed by atoms with Crippen LogP contribution in [0.4, 0.5) is 0 Å². The summed E-state index contributed by atoms with van der Waals surface area (Å²) in [7, 11) is 1.93. The minimum Gasteiger partial charge on any atom is -1.00 e. The molecule has 0 aliphatic heterocycles. The zero-order chi connectivity index (χ0) is 9.19. The van der Waals surface area contributed by atoms with Gasteiger partial charge < -0.3 is 12.4 Å². The molecule has 0 fully saturated rings. The van der Waals surface area contributed by atoms with Crippen LogP contribution in [0.2, 0.25) is 0 Å². The van der Waals surface area contributed by atoms with Gasteiger partial charge in [0.25, 0.3) is 0 Å². The Labute approximate surface area is 77.1 Å². The maximum Gasteiger partial charge on any atom is 0.243 e. The maximum atomic E-state index is 7.56. The summed E-state index contributed by atoms with van der Waals surface area (Å²) in [4.78, 5) is 0. The van der Waals surface area contributed by atoms with Gasteiger partial charge in [-0.1, -0.05) is 13.3 Å². The van der Waals surface area contributed by atoms with Crippen LogP contribution >= 0.6 is 0 Å². The molecule has 0 unspecified atom stereocenters. The molecule has 3 heteroatoms. The van der Waals surface area contributed by atoms with Crippen molar-refractivity contribution in [1.29, 1.82) is 0 Å². The number of hydrogen-bond donors (Lipinski definition) is 0. The largest absolute Gasteiger partial charge is 1.00 e. The van der Waals surface area contributed by atoms with Gasteiger partial charge in [0.1, 0.15) is 12.4 Å². The molecule has 64 valence electrons. The predicted molar refractivity (Wildman–Crippen MR) is 40.5 cm³/mol. The number of halogens is 1. The van der Waals surface area contributed by atoms with Gasteiger partial charge in [0.2, 0.25) is 6.33 Å². The molecule has 0 bridgehead atoms. The quantitative estimate of drug-likeness (QED) is 0.477. The zero-order valence-corrected chi connectivity index (χ0v) is 7.67. The predicted octanol–water partition coefficient (Wildman–Crippen LogP) is -1.88. The molecule has 0 amide bonds. The van der Waals surface area contributed by atoms with E-state index in [1.807, 2.05) is 41.8 Å². The Morgan fingerprint density at radius 2 is 2.36 bits per heavy atom. The second-order valence-electron chi connectivity index (χ2n) is 2.35. The Bertz CT molecular complexity index is 260. The summed E-state index contributed by atoms with van der Waals surface area (Å²) in [6, 6.07) is 0. The van der Waals surface area contributed by atoms with Gasteiger partial charge in [0.05, 0.1) is 13.6 Å². The maximum absolute atomic E-state index is 7.56. The number of hydrogen-bond acceptors (Lipinski definition) is 0. The van der Waals surface area contributed by atoms with Gasteiger partial charge in [-0.2, -0.15) is 0 Å². The smallest absolute Gasteiger partial charge is 0.243 e. The molecule has 1 heterocycles. The monoisotopic (exact) mass is 176 g/mol. The van der Waals surface area contributed by atoms with Crippen LogP contribution in [0.1, 0.15) is 22.5 Å². The van der Waals surface area contributed by atoms with Crippen LogP contribution in [-0.4, -0.2) is 4.57 Å². The lowest BCUT2D eigenvalue weighted by atomic mass is 10.3. The minimum absolute atomic E-state index is 0. The van der Waals surface area contributed by atoms with Crippen molar-refractivity contribution in [3.8, 4) is 0 Å². The molecule has 0 radical (unpaired) electrons. The molecule has 1 rings (SSSR count). The van der Waals surface area contributed by atoms with Crippen LogP contribution in [0, 0.1) is 0 Å². The van der Waals surface area contributed by atoms with Crippen LogP contribution < -0.4 is 17.0 Å². The highest BCUT2D eigenvalue weighted by molar-refractivity contribution is 4.65. The van der Waals surface area contributed by atoms with Crippen molar-refractivity contribution in [2.75, 3.05) is 0 Å². The summed E-state index contributed by atoms with van der Waals surface area (Å²) in [5, 5.41) is 0. The fraction of sp³-hybridized carbons (Fsp3) is 0.625. The summed E-state index contributed by atoms with van der Waals surface area (Å²) in [6.07, 6.45) is 5.13. The van der Waals surface area contributed by atoms with E-state index in [0.717, 1.165) is 0 Å². The third-order valence-electron chi connectivity index (χ3n) is 1.37. The van der Waals surface area contributed by atoms with E-state index in [0.29, 0.717) is 13.0 Å². The SMILES string of the molecule is [2H]C([2H])(CC)Cn1cc[n+](C)c1.[Cl-]. The Morgan fingerprint density at radius 1 is 1.64 bits per heavy atom. The van der Waals surface area contributed by atoms with Crippen LogP contribution in [0.3, 0.4) is 0 Å². The van der Waals surface area contributed by atoms with Crippen LogP contribution in [0.15, 0.2) is 18.7 Å². The van der Waals surface area contributed by atoms with E-state index in [1.54, 1.807) is 0 Å². The van der Waals surface area contributed by atoms with Crippen LogP contribution in [0.5, 0.6) is 0 Å². The van der Waals surface area contributed by atoms with Gasteiger partial charge in [0, 0.05) is 2.74 Å². The molecule has 0 atom stereocenters. The van der Waals surface area contributed by atoms with Crippen molar-refractivity contribution < 1.29 is 19.7 Å². The first-order valence-corrected chi connectivity index (χ1v) is 3.54. The van der Waals surface area contributed by atoms with Crippen molar-refractivity contribution >= 4 is 0 Å². The lowest BCUT2D eigenvalue weighted by Gasteiger charge is -1.90. The molecule has 0 saturated heterocycles. The molecule has 2 nitrogen and oxygen atoms in total. The van der Waals surface area contributed by atoms with E-state index >= 15 is 0 Å². The topological polar surface area (TPSA) is 8.81 Å². The average Bonchev–Trinajstić information content (AvgIpc) is 2.35. The third-order valence-corrected chi connectivity index (χ3v) is 1.37. The summed E-state index contributed by atoms with van der Waals surface area (Å²) >= 11 is 0. The van der Waals surface area contributed by atoms with Crippen molar-refractivity contribution in [3.63, 3.8) is 0 Å². The van der Waals surface area contributed by atoms with Crippen LogP contribution in [0.25, 0.3) is 0 Å². The third kappa shape index (κ3) is 3.42. The highest BCUT2D eigenvalue weighted by atomic mass is 35.5. The average molecular weight is 177 g/mol. The molecule has 11 heavy (non-hydrogen) atoms. The zero-order valence-electron chi connectivity index (χ0n) is 8.92. The fourth-order valence-electron chi connectivity index (χ4n) is 0.836. The number of aromatic nitrogens is 2. The highest BCUT2D eigenvalue weighted by Gasteiger charge is 1.96. The first kappa shape index (κ1) is 7.17. The molecule has 1 aromatic heterocycles. The molecule has 0 aliphatic rings. The summed E-state index contributed by atoms with van der Waals surface area (Å²) < 4.78 is 18.9. The normalized spacial score (nSPS) is 13.3. The van der Waals surface area contributed by atoms with E-state index in [1.165, 1.54) is 0 Å². The number of aryl methyl sites for hydroxylation is 2. The van der Waals surface area contributed by atoms with Gasteiger partial charge in [-0.25, -0.2) is 9.13 Å². The van der Waals surface area contributed by atoms with Gasteiger partial charge in [-0.05, 0) is 6.37 Å². The summed E-state index contributed by atoms with van der Waals surface area (Å²) in [6.45, 7) is 2.30. The molecule has 0 spiro atoms. The highest BCUT2D eigenvalue weighted by Crippen LogP contribution is 1.91. The molecule has 0 aromatic carbocycles. The fourth-order valence-corrected chi connectivity index (χ4v) is 0.836. The van der Waals surface area contributed by atoms with Gasteiger partial charge >= 0.3 is 0 Å². The summed E-state index contributed by atoms with van der Waals surface area (Å²) in [5.41, 5.74) is 0. The van der Waals surface area contributed by atoms with E-state index < -0.39 is 6.37 Å². The molecular weight excluding hydrogens is 160 g/mol. The van der Waals surface area contributed by atoms with E-state index in [4.69, 9.17) is 2.74 Å². The van der Waals surface area contributed by atoms with Crippen molar-refractivity contribution in [2.24, 2.45) is 7.05 Å². The standard InChI is InChI=1S/C8H15N2.ClH/c1-3-4-5-10-7-6-9(2)8-10;/h6-8H,3-5H2,1-2H3;1H/q+1;/p-1/i4D2;. The Morgan fingerprint density at radius 3 is 2.82 bits per heavy atom. The second-order valence-corrected chi connectivity index (χ2v) is 2.35. The van der Waals surface area contributed by atoms with E-state index in [-0.39, 0.29) is 12.4 Å². The van der Waals surface area contributed by atoms with Gasteiger partial charge in [-0.15, -0.1) is 0 Å². The second kappa shape index (κ2) is 5.19. The number of rotatable bonds is 3. The van der Waals surface area contributed by atoms with Crippen LogP contribution in [-0.2, 0) is 13.6 Å². The minimum atomic E-state index is -1.09. The van der Waals surface area contributed by atoms with E-state index in [9.17, 15) is 0 Å². The molecule has 0 saturated carbocycles. The Hall–Kier alpha value is -0.500. The Kier molecular flexibility index (Phi) is 3.38. The Balaban J connectivity index is 0.00000144. The van der Waals surface area contributed by atoms with Crippen molar-refractivity contribution in [1.82, 2.24) is 4.57 Å². The van der Waals surface area contributed by atoms with Crippen molar-refractivity contribution in [2.45, 2.75) is 26.3 Å².